The third-order valence-electron chi connectivity index (χ3n) is 1.88. The lowest BCUT2D eigenvalue weighted by atomic mass is 10.1. The van der Waals surface area contributed by atoms with Gasteiger partial charge in [0, 0.05) is 17.8 Å². The molecule has 7 heteroatoms. The van der Waals surface area contributed by atoms with Crippen molar-refractivity contribution in [2.24, 2.45) is 5.73 Å². The van der Waals surface area contributed by atoms with E-state index in [-0.39, 0.29) is 17.8 Å². The molecule has 16 heavy (non-hydrogen) atoms. The highest BCUT2D eigenvalue weighted by Gasteiger charge is 2.13. The van der Waals surface area contributed by atoms with E-state index in [1.807, 2.05) is 0 Å². The number of sulfonamides is 1. The van der Waals surface area contributed by atoms with Crippen LogP contribution in [0.1, 0.15) is 11.7 Å². The minimum Gasteiger partial charge on any atom is -0.387 e. The summed E-state index contributed by atoms with van der Waals surface area (Å²) in [6.45, 7) is -0.140. The summed E-state index contributed by atoms with van der Waals surface area (Å²) in [7, 11) is -3.42. The number of nitrogens with two attached hydrogens (primary N) is 1. The van der Waals surface area contributed by atoms with Crippen LogP contribution >= 0.6 is 0 Å². The molecule has 1 atom stereocenters. The van der Waals surface area contributed by atoms with E-state index in [4.69, 9.17) is 5.73 Å². The Morgan fingerprint density at radius 1 is 1.56 bits per heavy atom. The molecule has 0 aromatic heterocycles. The lowest BCUT2D eigenvalue weighted by Gasteiger charge is -2.11. The van der Waals surface area contributed by atoms with Crippen LogP contribution < -0.4 is 10.5 Å². The fourth-order valence-electron chi connectivity index (χ4n) is 1.20. The van der Waals surface area contributed by atoms with Crippen molar-refractivity contribution in [3.05, 3.63) is 29.6 Å². The Labute approximate surface area is 93.1 Å². The summed E-state index contributed by atoms with van der Waals surface area (Å²) in [5.74, 6) is -0.628. The highest BCUT2D eigenvalue weighted by Crippen LogP contribution is 2.21. The maximum absolute atomic E-state index is 13.2. The number of rotatable bonds is 4. The molecule has 0 spiro atoms. The van der Waals surface area contributed by atoms with Crippen LogP contribution in [0.25, 0.3) is 0 Å². The number of halogens is 1. The SMILES string of the molecule is CS(=O)(=O)Nc1ccc(F)c([C@@H](O)CN)c1. The first kappa shape index (κ1) is 12.9. The average molecular weight is 248 g/mol. The Bertz CT molecular complexity index is 476. The summed E-state index contributed by atoms with van der Waals surface area (Å²) in [6, 6.07) is 3.55. The third-order valence-corrected chi connectivity index (χ3v) is 2.49. The molecule has 1 aromatic carbocycles. The Morgan fingerprint density at radius 2 is 2.19 bits per heavy atom. The van der Waals surface area contributed by atoms with E-state index in [2.05, 4.69) is 4.72 Å². The fourth-order valence-corrected chi connectivity index (χ4v) is 1.76. The Kier molecular flexibility index (Phi) is 3.84. The maximum Gasteiger partial charge on any atom is 0.229 e. The molecule has 0 unspecified atom stereocenters. The van der Waals surface area contributed by atoms with Gasteiger partial charge in [-0.05, 0) is 18.2 Å². The lowest BCUT2D eigenvalue weighted by Crippen LogP contribution is -2.14. The van der Waals surface area contributed by atoms with E-state index in [9.17, 15) is 17.9 Å². The number of benzene rings is 1. The molecule has 1 aromatic rings. The molecule has 0 radical (unpaired) electrons. The van der Waals surface area contributed by atoms with Crippen LogP contribution in [0.2, 0.25) is 0 Å². The predicted molar refractivity (Wildman–Crippen MR) is 58.9 cm³/mol. The van der Waals surface area contributed by atoms with Gasteiger partial charge in [-0.1, -0.05) is 0 Å². The highest BCUT2D eigenvalue weighted by molar-refractivity contribution is 7.92. The van der Waals surface area contributed by atoms with Crippen LogP contribution in [0.5, 0.6) is 0 Å². The molecular weight excluding hydrogens is 235 g/mol. The molecule has 5 nitrogen and oxygen atoms in total. The van der Waals surface area contributed by atoms with E-state index in [1.54, 1.807) is 0 Å². The second kappa shape index (κ2) is 4.77. The molecule has 1 rings (SSSR count). The maximum atomic E-state index is 13.2. The minimum absolute atomic E-state index is 0.0313. The molecule has 0 amide bonds. The summed E-state index contributed by atoms with van der Waals surface area (Å²) < 4.78 is 37.3. The van der Waals surface area contributed by atoms with Crippen LogP contribution in [-0.2, 0) is 10.0 Å². The van der Waals surface area contributed by atoms with Gasteiger partial charge in [-0.25, -0.2) is 12.8 Å². The smallest absolute Gasteiger partial charge is 0.229 e. The second-order valence-electron chi connectivity index (χ2n) is 3.36. The van der Waals surface area contributed by atoms with Crippen molar-refractivity contribution in [3.63, 3.8) is 0 Å². The second-order valence-corrected chi connectivity index (χ2v) is 5.11. The largest absolute Gasteiger partial charge is 0.387 e. The number of nitrogens with one attached hydrogen (secondary N) is 1. The van der Waals surface area contributed by atoms with Crippen LogP contribution in [0.4, 0.5) is 10.1 Å². The first-order chi connectivity index (χ1) is 7.33. The van der Waals surface area contributed by atoms with Gasteiger partial charge in [0.15, 0.2) is 0 Å². The zero-order valence-electron chi connectivity index (χ0n) is 8.64. The van der Waals surface area contributed by atoms with Crippen molar-refractivity contribution in [1.82, 2.24) is 0 Å². The van der Waals surface area contributed by atoms with Crippen LogP contribution in [-0.4, -0.2) is 26.3 Å². The molecule has 0 fully saturated rings. The molecule has 0 aliphatic heterocycles. The molecule has 0 saturated carbocycles. The average Bonchev–Trinajstić information content (AvgIpc) is 2.18. The number of hydrogen-bond acceptors (Lipinski definition) is 4. The zero-order valence-corrected chi connectivity index (χ0v) is 9.46. The van der Waals surface area contributed by atoms with Gasteiger partial charge in [-0.3, -0.25) is 4.72 Å². The third kappa shape index (κ3) is 3.44. The van der Waals surface area contributed by atoms with Crippen LogP contribution in [0, 0.1) is 5.82 Å². The Balaban J connectivity index is 3.07. The van der Waals surface area contributed by atoms with Gasteiger partial charge in [-0.15, -0.1) is 0 Å². The van der Waals surface area contributed by atoms with E-state index in [1.165, 1.54) is 12.1 Å². The van der Waals surface area contributed by atoms with Gasteiger partial charge >= 0.3 is 0 Å². The Morgan fingerprint density at radius 3 is 2.69 bits per heavy atom. The van der Waals surface area contributed by atoms with Gasteiger partial charge in [0.05, 0.1) is 12.4 Å². The van der Waals surface area contributed by atoms with Crippen molar-refractivity contribution in [2.75, 3.05) is 17.5 Å². The normalized spacial score (nSPS) is 13.5. The van der Waals surface area contributed by atoms with Crippen LogP contribution in [0.15, 0.2) is 18.2 Å². The van der Waals surface area contributed by atoms with Gasteiger partial charge in [0.1, 0.15) is 5.82 Å². The monoisotopic (exact) mass is 248 g/mol. The number of hydrogen-bond donors (Lipinski definition) is 3. The molecule has 0 aliphatic rings. The van der Waals surface area contributed by atoms with Crippen molar-refractivity contribution in [3.8, 4) is 0 Å². The van der Waals surface area contributed by atoms with Crippen molar-refractivity contribution in [1.29, 1.82) is 0 Å². The first-order valence-corrected chi connectivity index (χ1v) is 6.38. The molecule has 0 aliphatic carbocycles. The standard InChI is InChI=1S/C9H13FN2O3S/c1-16(14,15)12-6-2-3-8(10)7(4-6)9(13)5-11/h2-4,9,12-13H,5,11H2,1H3/t9-/m0/s1. The number of aliphatic hydroxyl groups is 1. The van der Waals surface area contributed by atoms with Crippen molar-refractivity contribution < 1.29 is 17.9 Å². The van der Waals surface area contributed by atoms with E-state index >= 15 is 0 Å². The first-order valence-electron chi connectivity index (χ1n) is 4.49. The predicted octanol–water partition coefficient (Wildman–Crippen LogP) is 0.189. The summed E-state index contributed by atoms with van der Waals surface area (Å²) in [4.78, 5) is 0. The van der Waals surface area contributed by atoms with E-state index < -0.39 is 21.9 Å². The summed E-state index contributed by atoms with van der Waals surface area (Å²) in [5.41, 5.74) is 5.35. The molecule has 0 saturated heterocycles. The molecular formula is C9H13FN2O3S. The van der Waals surface area contributed by atoms with Gasteiger partial charge in [-0.2, -0.15) is 0 Å². The quantitative estimate of drug-likeness (QED) is 0.709. The Hall–Kier alpha value is -1.18. The zero-order chi connectivity index (χ0) is 12.3. The van der Waals surface area contributed by atoms with Gasteiger partial charge in [0.25, 0.3) is 0 Å². The minimum atomic E-state index is -3.42. The molecule has 4 N–H and O–H groups in total. The topological polar surface area (TPSA) is 92.4 Å². The summed E-state index contributed by atoms with van der Waals surface area (Å²) in [6.07, 6.45) is -0.170. The van der Waals surface area contributed by atoms with E-state index in [0.717, 1.165) is 12.3 Å². The van der Waals surface area contributed by atoms with E-state index in [0.29, 0.717) is 0 Å². The van der Waals surface area contributed by atoms with Gasteiger partial charge < -0.3 is 10.8 Å². The highest BCUT2D eigenvalue weighted by atomic mass is 32.2. The molecule has 90 valence electrons. The fraction of sp³-hybridized carbons (Fsp3) is 0.333. The molecule has 0 heterocycles. The number of aliphatic hydroxyl groups excluding tert-OH is 1. The van der Waals surface area contributed by atoms with Crippen molar-refractivity contribution >= 4 is 15.7 Å². The van der Waals surface area contributed by atoms with Gasteiger partial charge in [0.2, 0.25) is 10.0 Å². The number of anilines is 1. The summed E-state index contributed by atoms with van der Waals surface area (Å²) >= 11 is 0. The van der Waals surface area contributed by atoms with Crippen LogP contribution in [0.3, 0.4) is 0 Å². The molecule has 0 bridgehead atoms. The van der Waals surface area contributed by atoms with Crippen molar-refractivity contribution in [2.45, 2.75) is 6.10 Å². The lowest BCUT2D eigenvalue weighted by molar-refractivity contribution is 0.182. The summed E-state index contributed by atoms with van der Waals surface area (Å²) in [5, 5.41) is 9.39.